The molecule has 0 radical (unpaired) electrons. The van der Waals surface area contributed by atoms with E-state index in [2.05, 4.69) is 10.6 Å². The molecule has 1 fully saturated rings. The van der Waals surface area contributed by atoms with Crippen LogP contribution in [0.15, 0.2) is 18.2 Å². The second-order valence-corrected chi connectivity index (χ2v) is 4.55. The minimum absolute atomic E-state index is 0.0920. The van der Waals surface area contributed by atoms with Gasteiger partial charge in [0.25, 0.3) is 0 Å². The average Bonchev–Trinajstić information content (AvgIpc) is 2.91. The molecule has 0 spiro atoms. The molecule has 110 valence electrons. The maximum atomic E-state index is 13.0. The molecule has 4 nitrogen and oxygen atoms in total. The molecule has 1 saturated heterocycles. The van der Waals surface area contributed by atoms with Gasteiger partial charge in [-0.1, -0.05) is 0 Å². The lowest BCUT2D eigenvalue weighted by atomic mass is 10.1. The zero-order valence-corrected chi connectivity index (χ0v) is 10.9. The summed E-state index contributed by atoms with van der Waals surface area (Å²) < 4.78 is 43.7. The van der Waals surface area contributed by atoms with Crippen LogP contribution in [0.2, 0.25) is 0 Å². The Labute approximate surface area is 114 Å². The van der Waals surface area contributed by atoms with Gasteiger partial charge < -0.3 is 15.4 Å². The molecular formula is C13H15F3N2O2. The normalized spacial score (nSPS) is 18.9. The number of methoxy groups -OCH3 is 1. The Morgan fingerprint density at radius 1 is 1.45 bits per heavy atom. The van der Waals surface area contributed by atoms with Gasteiger partial charge in [-0.15, -0.1) is 0 Å². The third kappa shape index (κ3) is 3.22. The topological polar surface area (TPSA) is 50.4 Å². The predicted molar refractivity (Wildman–Crippen MR) is 67.7 cm³/mol. The number of anilines is 1. The maximum Gasteiger partial charge on any atom is 0.418 e. The number of hydrogen-bond acceptors (Lipinski definition) is 3. The standard InChI is InChI=1S/C13H15F3N2O2/c1-20-8-4-5-10(9(7-8)13(14,15)16)18-12(19)11-3-2-6-17-11/h4-5,7,11,17H,2-3,6H2,1H3,(H,18,19). The molecule has 1 unspecified atom stereocenters. The Hall–Kier alpha value is -1.76. The second-order valence-electron chi connectivity index (χ2n) is 4.55. The van der Waals surface area contributed by atoms with E-state index in [0.717, 1.165) is 12.5 Å². The highest BCUT2D eigenvalue weighted by atomic mass is 19.4. The third-order valence-electron chi connectivity index (χ3n) is 3.17. The van der Waals surface area contributed by atoms with Gasteiger partial charge in [-0.3, -0.25) is 4.79 Å². The smallest absolute Gasteiger partial charge is 0.418 e. The number of benzene rings is 1. The molecule has 7 heteroatoms. The maximum absolute atomic E-state index is 13.0. The van der Waals surface area contributed by atoms with Gasteiger partial charge in [0.05, 0.1) is 24.4 Å². The highest BCUT2D eigenvalue weighted by Gasteiger charge is 2.35. The van der Waals surface area contributed by atoms with Crippen molar-refractivity contribution in [1.82, 2.24) is 5.32 Å². The number of alkyl halides is 3. The van der Waals surface area contributed by atoms with E-state index in [4.69, 9.17) is 4.74 Å². The van der Waals surface area contributed by atoms with Crippen molar-refractivity contribution >= 4 is 11.6 Å². The van der Waals surface area contributed by atoms with Crippen molar-refractivity contribution < 1.29 is 22.7 Å². The van der Waals surface area contributed by atoms with Gasteiger partial charge in [0.2, 0.25) is 5.91 Å². The van der Waals surface area contributed by atoms with Crippen LogP contribution in [0.1, 0.15) is 18.4 Å². The van der Waals surface area contributed by atoms with Crippen LogP contribution < -0.4 is 15.4 Å². The molecular weight excluding hydrogens is 273 g/mol. The fourth-order valence-electron chi connectivity index (χ4n) is 2.12. The summed E-state index contributed by atoms with van der Waals surface area (Å²) >= 11 is 0. The number of ether oxygens (including phenoxy) is 1. The molecule has 20 heavy (non-hydrogen) atoms. The summed E-state index contributed by atoms with van der Waals surface area (Å²) in [6.07, 6.45) is -3.09. The number of halogens is 3. The van der Waals surface area contributed by atoms with Gasteiger partial charge >= 0.3 is 6.18 Å². The number of hydrogen-bond donors (Lipinski definition) is 2. The van der Waals surface area contributed by atoms with Gasteiger partial charge in [0.1, 0.15) is 5.75 Å². The van der Waals surface area contributed by atoms with E-state index in [-0.39, 0.29) is 11.4 Å². The summed E-state index contributed by atoms with van der Waals surface area (Å²) in [5.74, 6) is -0.354. The lowest BCUT2D eigenvalue weighted by Gasteiger charge is -2.17. The van der Waals surface area contributed by atoms with Gasteiger partial charge in [-0.25, -0.2) is 0 Å². The number of nitrogens with one attached hydrogen (secondary N) is 2. The molecule has 1 atom stereocenters. The summed E-state index contributed by atoms with van der Waals surface area (Å²) in [7, 11) is 1.29. The van der Waals surface area contributed by atoms with Crippen LogP contribution in [0.25, 0.3) is 0 Å². The van der Waals surface area contributed by atoms with E-state index >= 15 is 0 Å². The largest absolute Gasteiger partial charge is 0.497 e. The van der Waals surface area contributed by atoms with Crippen molar-refractivity contribution in [3.63, 3.8) is 0 Å². The van der Waals surface area contributed by atoms with E-state index in [1.54, 1.807) is 0 Å². The van der Waals surface area contributed by atoms with Crippen LogP contribution >= 0.6 is 0 Å². The molecule has 1 aromatic carbocycles. The van der Waals surface area contributed by atoms with E-state index in [1.165, 1.54) is 19.2 Å². The van der Waals surface area contributed by atoms with Crippen LogP contribution in [-0.2, 0) is 11.0 Å². The van der Waals surface area contributed by atoms with Crippen molar-refractivity contribution in [2.45, 2.75) is 25.1 Å². The highest BCUT2D eigenvalue weighted by Crippen LogP contribution is 2.37. The molecule has 2 rings (SSSR count). The molecule has 1 heterocycles. The summed E-state index contributed by atoms with van der Waals surface area (Å²) in [6.45, 7) is 0.701. The molecule has 1 aromatic rings. The number of amides is 1. The first kappa shape index (κ1) is 14.6. The van der Waals surface area contributed by atoms with Crippen LogP contribution in [0.3, 0.4) is 0 Å². The summed E-state index contributed by atoms with van der Waals surface area (Å²) in [6, 6.07) is 3.03. The van der Waals surface area contributed by atoms with Crippen LogP contribution in [-0.4, -0.2) is 25.6 Å². The zero-order valence-electron chi connectivity index (χ0n) is 10.9. The Morgan fingerprint density at radius 2 is 2.20 bits per heavy atom. The summed E-state index contributed by atoms with van der Waals surface area (Å²) in [5.41, 5.74) is -1.17. The lowest BCUT2D eigenvalue weighted by molar-refractivity contribution is -0.137. The Balaban J connectivity index is 2.24. The Morgan fingerprint density at radius 3 is 2.75 bits per heavy atom. The van der Waals surface area contributed by atoms with Crippen molar-refractivity contribution in [1.29, 1.82) is 0 Å². The Kier molecular flexibility index (Phi) is 4.17. The number of rotatable bonds is 3. The molecule has 1 aliphatic heterocycles. The lowest BCUT2D eigenvalue weighted by Crippen LogP contribution is -2.36. The van der Waals surface area contributed by atoms with Crippen molar-refractivity contribution in [2.75, 3.05) is 19.0 Å². The summed E-state index contributed by atoms with van der Waals surface area (Å²) in [4.78, 5) is 11.9. The molecule has 1 amide bonds. The first-order chi connectivity index (χ1) is 9.41. The minimum atomic E-state index is -4.56. The fraction of sp³-hybridized carbons (Fsp3) is 0.462. The Bertz CT molecular complexity index is 497. The van der Waals surface area contributed by atoms with Crippen molar-refractivity contribution in [3.05, 3.63) is 23.8 Å². The number of carbonyl (C=O) groups excluding carboxylic acids is 1. The van der Waals surface area contributed by atoms with Crippen molar-refractivity contribution in [3.8, 4) is 5.75 Å². The molecule has 1 aliphatic rings. The van der Waals surface area contributed by atoms with Crippen molar-refractivity contribution in [2.24, 2.45) is 0 Å². The van der Waals surface area contributed by atoms with E-state index in [1.807, 2.05) is 0 Å². The van der Waals surface area contributed by atoms with Crippen LogP contribution in [0, 0.1) is 0 Å². The zero-order chi connectivity index (χ0) is 14.8. The SMILES string of the molecule is COc1ccc(NC(=O)C2CCCN2)c(C(F)(F)F)c1. The quantitative estimate of drug-likeness (QED) is 0.898. The molecule has 2 N–H and O–H groups in total. The second kappa shape index (κ2) is 5.70. The monoisotopic (exact) mass is 288 g/mol. The minimum Gasteiger partial charge on any atom is -0.497 e. The first-order valence-corrected chi connectivity index (χ1v) is 6.21. The number of carbonyl (C=O) groups is 1. The van der Waals surface area contributed by atoms with Gasteiger partial charge in [-0.05, 0) is 37.6 Å². The van der Waals surface area contributed by atoms with Gasteiger partial charge in [0, 0.05) is 0 Å². The van der Waals surface area contributed by atoms with Gasteiger partial charge in [-0.2, -0.15) is 13.2 Å². The highest BCUT2D eigenvalue weighted by molar-refractivity contribution is 5.95. The average molecular weight is 288 g/mol. The molecule has 0 aliphatic carbocycles. The molecule has 0 saturated carbocycles. The summed E-state index contributed by atoms with van der Waals surface area (Å²) in [5, 5.41) is 5.27. The van der Waals surface area contributed by atoms with E-state index in [0.29, 0.717) is 13.0 Å². The fourth-order valence-corrected chi connectivity index (χ4v) is 2.12. The van der Waals surface area contributed by atoms with Gasteiger partial charge in [0.15, 0.2) is 0 Å². The van der Waals surface area contributed by atoms with E-state index in [9.17, 15) is 18.0 Å². The van der Waals surface area contributed by atoms with Crippen LogP contribution in [0.4, 0.5) is 18.9 Å². The molecule has 0 bridgehead atoms. The van der Waals surface area contributed by atoms with Crippen LogP contribution in [0.5, 0.6) is 5.75 Å². The molecule has 0 aromatic heterocycles. The first-order valence-electron chi connectivity index (χ1n) is 6.21. The third-order valence-corrected chi connectivity index (χ3v) is 3.17. The van der Waals surface area contributed by atoms with E-state index < -0.39 is 23.7 Å². The predicted octanol–water partition coefficient (Wildman–Crippen LogP) is 2.40.